The number of methoxy groups -OCH3 is 1. The summed E-state index contributed by atoms with van der Waals surface area (Å²) >= 11 is 1.38. The van der Waals surface area contributed by atoms with Crippen molar-refractivity contribution in [3.63, 3.8) is 0 Å². The van der Waals surface area contributed by atoms with E-state index in [2.05, 4.69) is 28.5 Å². The number of anilines is 1. The lowest BCUT2D eigenvalue weighted by Gasteiger charge is -2.03. The average Bonchev–Trinajstić information content (AvgIpc) is 2.50. The smallest absolute Gasteiger partial charge is 0.202 e. The summed E-state index contributed by atoms with van der Waals surface area (Å²) in [5.74, 6) is 1.37. The minimum atomic E-state index is 0.486. The molecule has 1 aromatic rings. The van der Waals surface area contributed by atoms with Gasteiger partial charge in [-0.15, -0.1) is 0 Å². The molecule has 0 amide bonds. The Balaban J connectivity index is 2.39. The molecule has 0 saturated carbocycles. The van der Waals surface area contributed by atoms with Gasteiger partial charge in [0.25, 0.3) is 0 Å². The fraction of sp³-hybridized carbons (Fsp3) is 0.750. The highest BCUT2D eigenvalue weighted by Crippen LogP contribution is 2.11. The molecule has 0 atom stereocenters. The number of nitrogens with one attached hydrogen (secondary N) is 1. The summed E-state index contributed by atoms with van der Waals surface area (Å²) < 4.78 is 9.05. The van der Waals surface area contributed by atoms with Gasteiger partial charge in [-0.2, -0.15) is 4.37 Å². The van der Waals surface area contributed by atoms with Crippen LogP contribution in [0.1, 0.15) is 19.7 Å². The predicted octanol–water partition coefficient (Wildman–Crippen LogP) is 1.75. The third kappa shape index (κ3) is 3.69. The van der Waals surface area contributed by atoms with Crippen molar-refractivity contribution in [3.05, 3.63) is 5.82 Å². The van der Waals surface area contributed by atoms with E-state index in [-0.39, 0.29) is 0 Å². The molecule has 1 rings (SSSR count). The van der Waals surface area contributed by atoms with Crippen molar-refractivity contribution in [1.82, 2.24) is 9.36 Å². The Kier molecular flexibility index (Phi) is 4.11. The van der Waals surface area contributed by atoms with Crippen LogP contribution in [-0.2, 0) is 11.3 Å². The normalized spacial score (nSPS) is 10.8. The first kappa shape index (κ1) is 10.4. The number of rotatable bonds is 5. The van der Waals surface area contributed by atoms with Gasteiger partial charge in [-0.25, -0.2) is 4.98 Å². The van der Waals surface area contributed by atoms with Crippen LogP contribution < -0.4 is 5.32 Å². The molecule has 1 aromatic heterocycles. The lowest BCUT2D eigenvalue weighted by atomic mass is 10.2. The maximum Gasteiger partial charge on any atom is 0.202 e. The molecule has 0 unspecified atom stereocenters. The minimum Gasteiger partial charge on any atom is -0.377 e. The highest BCUT2D eigenvalue weighted by Gasteiger charge is 2.02. The van der Waals surface area contributed by atoms with E-state index in [4.69, 9.17) is 4.74 Å². The molecule has 0 spiro atoms. The molecule has 1 heterocycles. The molecule has 0 radical (unpaired) electrons. The molecule has 4 nitrogen and oxygen atoms in total. The van der Waals surface area contributed by atoms with Crippen molar-refractivity contribution >= 4 is 16.7 Å². The number of hydrogen-bond acceptors (Lipinski definition) is 5. The van der Waals surface area contributed by atoms with Crippen molar-refractivity contribution < 1.29 is 4.74 Å². The van der Waals surface area contributed by atoms with E-state index >= 15 is 0 Å². The average molecular weight is 201 g/mol. The van der Waals surface area contributed by atoms with Gasteiger partial charge in [0, 0.05) is 25.2 Å². The van der Waals surface area contributed by atoms with E-state index in [1.165, 1.54) is 11.5 Å². The van der Waals surface area contributed by atoms with Crippen molar-refractivity contribution in [2.24, 2.45) is 5.92 Å². The van der Waals surface area contributed by atoms with Crippen LogP contribution in [-0.4, -0.2) is 23.0 Å². The van der Waals surface area contributed by atoms with Crippen molar-refractivity contribution in [1.29, 1.82) is 0 Å². The van der Waals surface area contributed by atoms with Crippen LogP contribution in [0.15, 0.2) is 0 Å². The molecular formula is C8H15N3OS. The number of nitrogens with zero attached hydrogens (tertiary/aromatic N) is 2. The standard InChI is InChI=1S/C8H15N3OS/c1-6(2)4-9-8-10-7(5-12-3)11-13-8/h6H,4-5H2,1-3H3,(H,9,10,11). The van der Waals surface area contributed by atoms with Gasteiger partial charge < -0.3 is 10.1 Å². The molecule has 0 aliphatic carbocycles. The summed E-state index contributed by atoms with van der Waals surface area (Å²) in [4.78, 5) is 4.24. The van der Waals surface area contributed by atoms with Gasteiger partial charge in [0.1, 0.15) is 6.61 Å². The van der Waals surface area contributed by atoms with Crippen LogP contribution >= 0.6 is 11.5 Å². The molecule has 13 heavy (non-hydrogen) atoms. The first-order chi connectivity index (χ1) is 6.22. The van der Waals surface area contributed by atoms with Gasteiger partial charge in [-0.3, -0.25) is 0 Å². The Hall–Kier alpha value is -0.680. The number of aromatic nitrogens is 2. The summed E-state index contributed by atoms with van der Waals surface area (Å²) in [6.07, 6.45) is 0. The Morgan fingerprint density at radius 2 is 2.31 bits per heavy atom. The lowest BCUT2D eigenvalue weighted by Crippen LogP contribution is -2.07. The van der Waals surface area contributed by atoms with Crippen molar-refractivity contribution in [3.8, 4) is 0 Å². The van der Waals surface area contributed by atoms with Gasteiger partial charge in [0.05, 0.1) is 0 Å². The number of hydrogen-bond donors (Lipinski definition) is 1. The maximum atomic E-state index is 4.92. The maximum absolute atomic E-state index is 4.92. The first-order valence-corrected chi connectivity index (χ1v) is 5.05. The fourth-order valence-electron chi connectivity index (χ4n) is 0.805. The number of ether oxygens (including phenoxy) is 1. The molecule has 0 fully saturated rings. The van der Waals surface area contributed by atoms with Crippen LogP contribution in [0.25, 0.3) is 0 Å². The quantitative estimate of drug-likeness (QED) is 0.788. The largest absolute Gasteiger partial charge is 0.377 e. The van der Waals surface area contributed by atoms with E-state index < -0.39 is 0 Å². The van der Waals surface area contributed by atoms with Crippen LogP contribution in [0.4, 0.5) is 5.13 Å². The summed E-state index contributed by atoms with van der Waals surface area (Å²) in [5, 5.41) is 4.09. The molecule has 0 saturated heterocycles. The van der Waals surface area contributed by atoms with Gasteiger partial charge in [0.15, 0.2) is 5.82 Å². The lowest BCUT2D eigenvalue weighted by molar-refractivity contribution is 0.179. The van der Waals surface area contributed by atoms with E-state index in [1.807, 2.05) is 0 Å². The third-order valence-corrected chi connectivity index (χ3v) is 2.11. The predicted molar refractivity (Wildman–Crippen MR) is 53.9 cm³/mol. The fourth-order valence-corrected chi connectivity index (χ4v) is 1.38. The molecule has 5 heteroatoms. The van der Waals surface area contributed by atoms with Gasteiger partial charge in [0.2, 0.25) is 5.13 Å². The molecular weight excluding hydrogens is 186 g/mol. The topological polar surface area (TPSA) is 47.0 Å². The SMILES string of the molecule is COCc1nsc(NCC(C)C)n1. The molecule has 0 aromatic carbocycles. The van der Waals surface area contributed by atoms with E-state index in [1.54, 1.807) is 7.11 Å². The van der Waals surface area contributed by atoms with E-state index in [0.29, 0.717) is 12.5 Å². The van der Waals surface area contributed by atoms with Gasteiger partial charge >= 0.3 is 0 Å². The first-order valence-electron chi connectivity index (χ1n) is 4.27. The zero-order valence-electron chi connectivity index (χ0n) is 8.20. The van der Waals surface area contributed by atoms with Crippen LogP contribution in [0, 0.1) is 5.92 Å². The highest BCUT2D eigenvalue weighted by atomic mass is 32.1. The zero-order chi connectivity index (χ0) is 9.68. The van der Waals surface area contributed by atoms with Crippen LogP contribution in [0.3, 0.4) is 0 Å². The second-order valence-electron chi connectivity index (χ2n) is 3.22. The highest BCUT2D eigenvalue weighted by molar-refractivity contribution is 7.09. The Morgan fingerprint density at radius 3 is 2.92 bits per heavy atom. The van der Waals surface area contributed by atoms with Gasteiger partial charge in [-0.1, -0.05) is 13.8 Å². The Morgan fingerprint density at radius 1 is 1.54 bits per heavy atom. The molecule has 74 valence electrons. The molecule has 1 N–H and O–H groups in total. The monoisotopic (exact) mass is 201 g/mol. The summed E-state index contributed by atoms with van der Waals surface area (Å²) in [7, 11) is 1.64. The molecule has 0 aliphatic heterocycles. The van der Waals surface area contributed by atoms with E-state index in [0.717, 1.165) is 17.5 Å². The van der Waals surface area contributed by atoms with Gasteiger partial charge in [-0.05, 0) is 5.92 Å². The van der Waals surface area contributed by atoms with Crippen molar-refractivity contribution in [2.75, 3.05) is 19.0 Å². The molecule has 0 aliphatic rings. The summed E-state index contributed by atoms with van der Waals surface area (Å²) in [5.41, 5.74) is 0. The van der Waals surface area contributed by atoms with Crippen molar-refractivity contribution in [2.45, 2.75) is 20.5 Å². The van der Waals surface area contributed by atoms with Crippen LogP contribution in [0.2, 0.25) is 0 Å². The minimum absolute atomic E-state index is 0.486. The molecule has 0 bridgehead atoms. The second kappa shape index (κ2) is 5.14. The third-order valence-electron chi connectivity index (χ3n) is 1.40. The summed E-state index contributed by atoms with van der Waals surface area (Å²) in [6, 6.07) is 0. The second-order valence-corrected chi connectivity index (χ2v) is 3.98. The van der Waals surface area contributed by atoms with E-state index in [9.17, 15) is 0 Å². The van der Waals surface area contributed by atoms with Crippen LogP contribution in [0.5, 0.6) is 0 Å². The summed E-state index contributed by atoms with van der Waals surface area (Å²) in [6.45, 7) is 5.73. The zero-order valence-corrected chi connectivity index (χ0v) is 9.02. The Labute approximate surface area is 82.5 Å². The Bertz CT molecular complexity index is 249.